The molecule has 4 nitrogen and oxygen atoms in total. The van der Waals surface area contributed by atoms with Gasteiger partial charge in [0.2, 0.25) is 5.13 Å². The molecular formula is C10H8ClFN4S. The maximum atomic E-state index is 13.1. The van der Waals surface area contributed by atoms with E-state index in [1.54, 1.807) is 11.4 Å². The molecule has 1 aromatic carbocycles. The summed E-state index contributed by atoms with van der Waals surface area (Å²) in [6.45, 7) is 0. The molecule has 2 rings (SSSR count). The number of nitrogens with one attached hydrogen (secondary N) is 1. The standard InChI is InChI=1S/C10H8ClFN4S/c11-7-2-1-6(3-8(7)12)4-14-16-10-15-9(13)5-17-10/h1-5H,13H2,(H,15,16). The first-order chi connectivity index (χ1) is 8.15. The van der Waals surface area contributed by atoms with E-state index >= 15 is 0 Å². The zero-order valence-electron chi connectivity index (χ0n) is 8.52. The highest BCUT2D eigenvalue weighted by Gasteiger charge is 1.99. The van der Waals surface area contributed by atoms with Crippen molar-refractivity contribution in [2.24, 2.45) is 5.10 Å². The smallest absolute Gasteiger partial charge is 0.205 e. The Labute approximate surface area is 106 Å². The molecule has 0 saturated carbocycles. The number of nitrogen functional groups attached to an aromatic ring is 1. The van der Waals surface area contributed by atoms with E-state index < -0.39 is 5.82 Å². The van der Waals surface area contributed by atoms with Crippen LogP contribution in [0.1, 0.15) is 5.56 Å². The first kappa shape index (κ1) is 11.8. The third-order valence-corrected chi connectivity index (χ3v) is 2.91. The van der Waals surface area contributed by atoms with Crippen molar-refractivity contribution in [1.82, 2.24) is 4.98 Å². The first-order valence-corrected chi connectivity index (χ1v) is 5.86. The summed E-state index contributed by atoms with van der Waals surface area (Å²) in [6, 6.07) is 4.43. The molecule has 0 radical (unpaired) electrons. The number of hydrogen-bond acceptors (Lipinski definition) is 5. The largest absolute Gasteiger partial charge is 0.383 e. The van der Waals surface area contributed by atoms with E-state index in [1.807, 2.05) is 0 Å². The van der Waals surface area contributed by atoms with Crippen LogP contribution in [0.2, 0.25) is 5.02 Å². The second-order valence-electron chi connectivity index (χ2n) is 3.12. The van der Waals surface area contributed by atoms with Gasteiger partial charge < -0.3 is 5.73 Å². The number of hydrogen-bond donors (Lipinski definition) is 2. The van der Waals surface area contributed by atoms with Gasteiger partial charge in [-0.1, -0.05) is 17.7 Å². The zero-order chi connectivity index (χ0) is 12.3. The highest BCUT2D eigenvalue weighted by atomic mass is 35.5. The van der Waals surface area contributed by atoms with E-state index in [4.69, 9.17) is 17.3 Å². The Morgan fingerprint density at radius 3 is 3.00 bits per heavy atom. The monoisotopic (exact) mass is 270 g/mol. The summed E-state index contributed by atoms with van der Waals surface area (Å²) >= 11 is 6.89. The fourth-order valence-electron chi connectivity index (χ4n) is 1.09. The Bertz CT molecular complexity index is 555. The molecule has 88 valence electrons. The number of halogens is 2. The minimum absolute atomic E-state index is 0.0859. The maximum Gasteiger partial charge on any atom is 0.205 e. The van der Waals surface area contributed by atoms with Crippen molar-refractivity contribution in [1.29, 1.82) is 0 Å². The van der Waals surface area contributed by atoms with Crippen molar-refractivity contribution < 1.29 is 4.39 Å². The normalized spacial score (nSPS) is 10.9. The fraction of sp³-hybridized carbons (Fsp3) is 0. The van der Waals surface area contributed by atoms with Gasteiger partial charge in [-0.15, -0.1) is 11.3 Å². The summed E-state index contributed by atoms with van der Waals surface area (Å²) in [5, 5.41) is 6.26. The van der Waals surface area contributed by atoms with Crippen LogP contribution in [0.5, 0.6) is 0 Å². The molecule has 7 heteroatoms. The number of rotatable bonds is 3. The molecule has 1 aromatic heterocycles. The van der Waals surface area contributed by atoms with Gasteiger partial charge in [0.05, 0.1) is 11.2 Å². The van der Waals surface area contributed by atoms with E-state index in [1.165, 1.54) is 29.7 Å². The molecule has 0 aliphatic rings. The Morgan fingerprint density at radius 1 is 1.53 bits per heavy atom. The molecule has 3 N–H and O–H groups in total. The topological polar surface area (TPSA) is 63.3 Å². The van der Waals surface area contributed by atoms with E-state index in [0.29, 0.717) is 16.5 Å². The van der Waals surface area contributed by atoms with E-state index in [2.05, 4.69) is 15.5 Å². The second-order valence-corrected chi connectivity index (χ2v) is 4.39. The summed E-state index contributed by atoms with van der Waals surface area (Å²) in [4.78, 5) is 3.95. The predicted octanol–water partition coefficient (Wildman–Crippen LogP) is 2.96. The molecule has 1 heterocycles. The van der Waals surface area contributed by atoms with Crippen LogP contribution in [0.25, 0.3) is 0 Å². The highest BCUT2D eigenvalue weighted by molar-refractivity contribution is 7.14. The quantitative estimate of drug-likeness (QED) is 0.666. The summed E-state index contributed by atoms with van der Waals surface area (Å²) in [6.07, 6.45) is 1.47. The maximum absolute atomic E-state index is 13.1. The molecule has 17 heavy (non-hydrogen) atoms. The van der Waals surface area contributed by atoms with Gasteiger partial charge in [-0.25, -0.2) is 9.37 Å². The Hall–Kier alpha value is -1.66. The van der Waals surface area contributed by atoms with Gasteiger partial charge in [0.25, 0.3) is 0 Å². The molecule has 0 fully saturated rings. The van der Waals surface area contributed by atoms with Crippen molar-refractivity contribution in [3.63, 3.8) is 0 Å². The molecule has 0 amide bonds. The van der Waals surface area contributed by atoms with E-state index in [0.717, 1.165) is 0 Å². The Morgan fingerprint density at radius 2 is 2.35 bits per heavy atom. The van der Waals surface area contributed by atoms with E-state index in [9.17, 15) is 4.39 Å². The van der Waals surface area contributed by atoms with Crippen LogP contribution in [-0.2, 0) is 0 Å². The number of anilines is 2. The number of aromatic nitrogens is 1. The molecule has 0 spiro atoms. The van der Waals surface area contributed by atoms with Crippen LogP contribution < -0.4 is 11.2 Å². The minimum Gasteiger partial charge on any atom is -0.383 e. The zero-order valence-corrected chi connectivity index (χ0v) is 10.1. The molecule has 0 atom stereocenters. The van der Waals surface area contributed by atoms with Crippen molar-refractivity contribution in [3.05, 3.63) is 40.0 Å². The fourth-order valence-corrected chi connectivity index (χ4v) is 1.76. The summed E-state index contributed by atoms with van der Waals surface area (Å²) in [7, 11) is 0. The molecule has 0 unspecified atom stereocenters. The van der Waals surface area contributed by atoms with Gasteiger partial charge in [-0.05, 0) is 17.7 Å². The molecular weight excluding hydrogens is 263 g/mol. The summed E-state index contributed by atoms with van der Waals surface area (Å²) in [5.74, 6) is -0.0423. The SMILES string of the molecule is Nc1csc(NN=Cc2ccc(Cl)c(F)c2)n1. The first-order valence-electron chi connectivity index (χ1n) is 4.60. The van der Waals surface area contributed by atoms with Gasteiger partial charge in [0, 0.05) is 5.38 Å². The second kappa shape index (κ2) is 5.11. The number of nitrogens with two attached hydrogens (primary N) is 1. The van der Waals surface area contributed by atoms with Crippen LogP contribution in [0.3, 0.4) is 0 Å². The van der Waals surface area contributed by atoms with Gasteiger partial charge in [0.15, 0.2) is 0 Å². The number of nitrogens with zero attached hydrogens (tertiary/aromatic N) is 2. The van der Waals surface area contributed by atoms with Gasteiger partial charge in [-0.2, -0.15) is 5.10 Å². The molecule has 0 bridgehead atoms. The average Bonchev–Trinajstić information content (AvgIpc) is 2.70. The molecule has 0 saturated heterocycles. The third-order valence-electron chi connectivity index (χ3n) is 1.84. The number of hydrazone groups is 1. The van der Waals surface area contributed by atoms with Crippen LogP contribution in [-0.4, -0.2) is 11.2 Å². The van der Waals surface area contributed by atoms with Crippen molar-refractivity contribution in [2.75, 3.05) is 11.2 Å². The lowest BCUT2D eigenvalue weighted by atomic mass is 10.2. The lowest BCUT2D eigenvalue weighted by molar-refractivity contribution is 0.628. The molecule has 0 aliphatic carbocycles. The Balaban J connectivity index is 2.03. The van der Waals surface area contributed by atoms with Gasteiger partial charge in [0.1, 0.15) is 11.6 Å². The van der Waals surface area contributed by atoms with Gasteiger partial charge in [-0.3, -0.25) is 5.43 Å². The third kappa shape index (κ3) is 3.15. The molecule has 0 aliphatic heterocycles. The number of thiazole rings is 1. The van der Waals surface area contributed by atoms with Crippen molar-refractivity contribution in [2.45, 2.75) is 0 Å². The lowest BCUT2D eigenvalue weighted by Crippen LogP contribution is -1.91. The van der Waals surface area contributed by atoms with Crippen molar-refractivity contribution in [3.8, 4) is 0 Å². The molecule has 2 aromatic rings. The highest BCUT2D eigenvalue weighted by Crippen LogP contribution is 2.17. The average molecular weight is 271 g/mol. The van der Waals surface area contributed by atoms with Crippen LogP contribution in [0.4, 0.5) is 15.3 Å². The minimum atomic E-state index is -0.478. The van der Waals surface area contributed by atoms with Crippen molar-refractivity contribution >= 4 is 40.1 Å². The van der Waals surface area contributed by atoms with Gasteiger partial charge >= 0.3 is 0 Å². The number of benzene rings is 1. The summed E-state index contributed by atoms with van der Waals surface area (Å²) in [5.41, 5.74) is 8.73. The van der Waals surface area contributed by atoms with Crippen LogP contribution in [0.15, 0.2) is 28.7 Å². The Kier molecular flexibility index (Phi) is 3.55. The van der Waals surface area contributed by atoms with Crippen LogP contribution in [0, 0.1) is 5.82 Å². The lowest BCUT2D eigenvalue weighted by Gasteiger charge is -1.96. The van der Waals surface area contributed by atoms with E-state index in [-0.39, 0.29) is 5.02 Å². The summed E-state index contributed by atoms with van der Waals surface area (Å²) < 4.78 is 13.1. The predicted molar refractivity (Wildman–Crippen MR) is 69.2 cm³/mol. The van der Waals surface area contributed by atoms with Crippen LogP contribution >= 0.6 is 22.9 Å².